The van der Waals surface area contributed by atoms with Crippen LogP contribution in [-0.2, 0) is 19.6 Å². The Morgan fingerprint density at radius 1 is 1.38 bits per heavy atom. The van der Waals surface area contributed by atoms with Crippen molar-refractivity contribution in [1.82, 2.24) is 4.72 Å². The van der Waals surface area contributed by atoms with Crippen molar-refractivity contribution in [1.29, 1.82) is 0 Å². The van der Waals surface area contributed by atoms with Crippen molar-refractivity contribution >= 4 is 15.8 Å². The van der Waals surface area contributed by atoms with Gasteiger partial charge in [-0.1, -0.05) is 26.0 Å². The largest absolute Gasteiger partial charge is 0.375 e. The summed E-state index contributed by atoms with van der Waals surface area (Å²) in [5.41, 5.74) is -0.543. The molecule has 144 valence electrons. The normalized spacial score (nSPS) is 28.5. The highest BCUT2D eigenvalue weighted by Gasteiger charge is 2.65. The second-order valence-electron chi connectivity index (χ2n) is 8.05. The van der Waals surface area contributed by atoms with Gasteiger partial charge in [-0.2, -0.15) is 0 Å². The number of nitrogens with one attached hydrogen (secondary N) is 1. The van der Waals surface area contributed by atoms with Gasteiger partial charge in [0.2, 0.25) is 10.0 Å². The van der Waals surface area contributed by atoms with Crippen LogP contribution >= 0.6 is 0 Å². The Bertz CT molecular complexity index is 808. The zero-order valence-electron chi connectivity index (χ0n) is 15.4. The topological polar surface area (TPSA) is 72.5 Å². The summed E-state index contributed by atoms with van der Waals surface area (Å²) in [5.74, 6) is -0.259. The molecule has 0 saturated heterocycles. The third kappa shape index (κ3) is 3.21. The van der Waals surface area contributed by atoms with Crippen molar-refractivity contribution in [3.63, 3.8) is 0 Å². The van der Waals surface area contributed by atoms with Gasteiger partial charge in [-0.15, -0.1) is 0 Å². The molecule has 0 radical (unpaired) electrons. The number of carbonyl (C=O) groups is 1. The number of Topliss-reactive ketones (excluding diaryl/α,β-unsaturated/α-hetero) is 1. The number of fused-ring (bicyclic) bond motifs is 2. The van der Waals surface area contributed by atoms with E-state index in [0.29, 0.717) is 18.4 Å². The summed E-state index contributed by atoms with van der Waals surface area (Å²) in [6.07, 6.45) is 1.41. The van der Waals surface area contributed by atoms with E-state index in [-0.39, 0.29) is 29.4 Å². The van der Waals surface area contributed by atoms with Gasteiger partial charge in [0.25, 0.3) is 0 Å². The van der Waals surface area contributed by atoms with Crippen LogP contribution in [0.5, 0.6) is 0 Å². The van der Waals surface area contributed by atoms with E-state index in [9.17, 15) is 17.6 Å². The minimum Gasteiger partial charge on any atom is -0.375 e. The molecule has 1 aromatic rings. The molecule has 0 spiro atoms. The van der Waals surface area contributed by atoms with Gasteiger partial charge in [0.05, 0.1) is 11.9 Å². The highest BCUT2D eigenvalue weighted by Crippen LogP contribution is 2.64. The molecule has 2 fully saturated rings. The molecule has 0 aliphatic heterocycles. The smallest absolute Gasteiger partial charge is 0.212 e. The van der Waals surface area contributed by atoms with Crippen LogP contribution in [0.3, 0.4) is 0 Å². The summed E-state index contributed by atoms with van der Waals surface area (Å²) in [5, 5.41) is 0. The van der Waals surface area contributed by atoms with Crippen LogP contribution in [-0.4, -0.2) is 33.6 Å². The second-order valence-corrected chi connectivity index (χ2v) is 9.86. The first kappa shape index (κ1) is 19.5. The van der Waals surface area contributed by atoms with E-state index in [0.717, 1.165) is 6.42 Å². The zero-order valence-corrected chi connectivity index (χ0v) is 16.2. The van der Waals surface area contributed by atoms with Crippen LogP contribution in [0.15, 0.2) is 24.3 Å². The predicted octanol–water partition coefficient (Wildman–Crippen LogP) is 2.83. The second kappa shape index (κ2) is 6.69. The summed E-state index contributed by atoms with van der Waals surface area (Å²) in [7, 11) is -2.23. The molecule has 3 rings (SSSR count). The lowest BCUT2D eigenvalue weighted by molar-refractivity contribution is -0.128. The molecule has 26 heavy (non-hydrogen) atoms. The van der Waals surface area contributed by atoms with Gasteiger partial charge in [0.1, 0.15) is 11.6 Å². The first-order valence-electron chi connectivity index (χ1n) is 8.90. The summed E-state index contributed by atoms with van der Waals surface area (Å²) < 4.78 is 46.7. The Hall–Kier alpha value is -1.31. The van der Waals surface area contributed by atoms with Gasteiger partial charge >= 0.3 is 0 Å². The van der Waals surface area contributed by atoms with Crippen molar-refractivity contribution in [2.75, 3.05) is 19.4 Å². The molecule has 0 aromatic heterocycles. The Morgan fingerprint density at radius 2 is 2.12 bits per heavy atom. The van der Waals surface area contributed by atoms with Crippen LogP contribution in [0.25, 0.3) is 0 Å². The van der Waals surface area contributed by atoms with Crippen molar-refractivity contribution in [3.8, 4) is 0 Å². The van der Waals surface area contributed by atoms with Gasteiger partial charge in [-0.3, -0.25) is 4.79 Å². The van der Waals surface area contributed by atoms with Crippen LogP contribution in [0.1, 0.15) is 44.8 Å². The molecule has 1 N–H and O–H groups in total. The van der Waals surface area contributed by atoms with E-state index < -0.39 is 27.4 Å². The minimum atomic E-state index is -3.68. The maximum Gasteiger partial charge on any atom is 0.212 e. The highest BCUT2D eigenvalue weighted by atomic mass is 32.2. The fourth-order valence-corrected chi connectivity index (χ4v) is 6.56. The summed E-state index contributed by atoms with van der Waals surface area (Å²) in [6.45, 7) is 4.02. The Balaban J connectivity index is 1.72. The number of hydrogen-bond donors (Lipinski definition) is 1. The standard InChI is InChI=1S/C19H26FNO4S/c1-18(2)14-7-8-19(18,17(22)10-14)12-26(23,24)21-11-16(25-3)13-5-4-6-15(20)9-13/h4-6,9,14,16,21H,7-8,10-12H2,1-3H3/t14-,16+,19-/m0/s1. The summed E-state index contributed by atoms with van der Waals surface area (Å²) in [4.78, 5) is 12.5. The molecule has 2 aliphatic rings. The molecule has 1 aromatic carbocycles. The molecule has 3 atom stereocenters. The van der Waals surface area contributed by atoms with Crippen LogP contribution in [0, 0.1) is 22.6 Å². The molecule has 5 nitrogen and oxygen atoms in total. The number of carbonyl (C=O) groups excluding carboxylic acids is 1. The lowest BCUT2D eigenvalue weighted by Gasteiger charge is -2.36. The average Bonchev–Trinajstić information content (AvgIpc) is 2.89. The number of methoxy groups -OCH3 is 1. The lowest BCUT2D eigenvalue weighted by atomic mass is 9.70. The lowest BCUT2D eigenvalue weighted by Crippen LogP contribution is -2.46. The molecule has 2 aliphatic carbocycles. The molecule has 0 heterocycles. The number of hydrogen-bond acceptors (Lipinski definition) is 4. The zero-order chi connectivity index (χ0) is 19.2. The number of sulfonamides is 1. The number of ketones is 1. The van der Waals surface area contributed by atoms with E-state index in [1.807, 2.05) is 13.8 Å². The average molecular weight is 383 g/mol. The maximum absolute atomic E-state index is 13.4. The number of halogens is 1. The fraction of sp³-hybridized carbons (Fsp3) is 0.632. The van der Waals surface area contributed by atoms with Crippen molar-refractivity contribution in [2.24, 2.45) is 16.7 Å². The van der Waals surface area contributed by atoms with E-state index >= 15 is 0 Å². The van der Waals surface area contributed by atoms with Crippen molar-refractivity contribution in [2.45, 2.75) is 39.2 Å². The van der Waals surface area contributed by atoms with E-state index in [1.54, 1.807) is 12.1 Å². The first-order chi connectivity index (χ1) is 12.1. The van der Waals surface area contributed by atoms with Crippen molar-refractivity contribution < 1.29 is 22.3 Å². The molecular formula is C19H26FNO4S. The predicted molar refractivity (Wildman–Crippen MR) is 96.5 cm³/mol. The van der Waals surface area contributed by atoms with E-state index in [4.69, 9.17) is 4.74 Å². The van der Waals surface area contributed by atoms with Gasteiger partial charge in [0.15, 0.2) is 0 Å². The molecule has 0 unspecified atom stereocenters. The quantitative estimate of drug-likeness (QED) is 0.786. The fourth-order valence-electron chi connectivity index (χ4n) is 4.73. The van der Waals surface area contributed by atoms with E-state index in [1.165, 1.54) is 19.2 Å². The summed E-state index contributed by atoms with van der Waals surface area (Å²) >= 11 is 0. The SMILES string of the molecule is CO[C@H](CNS(=O)(=O)C[C@@]12CC[C@@H](CC1=O)C2(C)C)c1cccc(F)c1. The number of rotatable bonds is 7. The highest BCUT2D eigenvalue weighted by molar-refractivity contribution is 7.89. The van der Waals surface area contributed by atoms with Gasteiger partial charge in [-0.05, 0) is 41.9 Å². The molecule has 2 saturated carbocycles. The van der Waals surface area contributed by atoms with Gasteiger partial charge < -0.3 is 4.74 Å². The molecular weight excluding hydrogens is 357 g/mol. The number of ether oxygens (including phenoxy) is 1. The minimum absolute atomic E-state index is 0.00356. The van der Waals surface area contributed by atoms with Crippen LogP contribution in [0.2, 0.25) is 0 Å². The van der Waals surface area contributed by atoms with Crippen molar-refractivity contribution in [3.05, 3.63) is 35.6 Å². The number of benzene rings is 1. The Labute approximate surface area is 154 Å². The molecule has 7 heteroatoms. The van der Waals surface area contributed by atoms with Gasteiger partial charge in [0, 0.05) is 25.5 Å². The monoisotopic (exact) mass is 383 g/mol. The van der Waals surface area contributed by atoms with E-state index in [2.05, 4.69) is 4.72 Å². The maximum atomic E-state index is 13.4. The molecule has 0 amide bonds. The summed E-state index contributed by atoms with van der Waals surface area (Å²) in [6, 6.07) is 5.90. The Morgan fingerprint density at radius 3 is 2.65 bits per heavy atom. The first-order valence-corrected chi connectivity index (χ1v) is 10.6. The van der Waals surface area contributed by atoms with Crippen LogP contribution < -0.4 is 4.72 Å². The third-order valence-electron chi connectivity index (χ3n) is 6.57. The van der Waals surface area contributed by atoms with Crippen LogP contribution in [0.4, 0.5) is 4.39 Å². The Kier molecular flexibility index (Phi) is 5.01. The molecule has 2 bridgehead atoms. The third-order valence-corrected chi connectivity index (χ3v) is 8.05. The van der Waals surface area contributed by atoms with Gasteiger partial charge in [-0.25, -0.2) is 17.5 Å².